The van der Waals surface area contributed by atoms with Crippen molar-refractivity contribution in [1.29, 1.82) is 0 Å². The molecule has 104 valence electrons. The van der Waals surface area contributed by atoms with E-state index < -0.39 is 24.0 Å². The fraction of sp³-hybridized carbons (Fsp3) is 0.700. The number of nitrogens with one attached hydrogen (secondary N) is 2. The van der Waals surface area contributed by atoms with Crippen molar-refractivity contribution in [3.8, 4) is 0 Å². The lowest BCUT2D eigenvalue weighted by atomic mass is 10.1. The van der Waals surface area contributed by atoms with Crippen LogP contribution in [0.15, 0.2) is 0 Å². The largest absolute Gasteiger partial charge is 0.480 e. The SMILES string of the molecule is CCC[C@H](N)C(=O)N[C@@H](CNC(=O)CI)C(=O)O. The van der Waals surface area contributed by atoms with Gasteiger partial charge in [-0.15, -0.1) is 0 Å². The smallest absolute Gasteiger partial charge is 0.328 e. The van der Waals surface area contributed by atoms with Crippen molar-refractivity contribution in [3.63, 3.8) is 0 Å². The summed E-state index contributed by atoms with van der Waals surface area (Å²) >= 11 is 1.86. The van der Waals surface area contributed by atoms with Crippen LogP contribution in [0.4, 0.5) is 0 Å². The molecule has 0 aromatic rings. The fourth-order valence-corrected chi connectivity index (χ4v) is 1.45. The van der Waals surface area contributed by atoms with E-state index >= 15 is 0 Å². The highest BCUT2D eigenvalue weighted by molar-refractivity contribution is 14.1. The number of carbonyl (C=O) groups is 3. The summed E-state index contributed by atoms with van der Waals surface area (Å²) < 4.78 is 0.230. The topological polar surface area (TPSA) is 122 Å². The first-order valence-electron chi connectivity index (χ1n) is 5.53. The van der Waals surface area contributed by atoms with Gasteiger partial charge in [0.05, 0.1) is 10.5 Å². The molecule has 2 atom stereocenters. The van der Waals surface area contributed by atoms with Crippen LogP contribution in [0, 0.1) is 0 Å². The van der Waals surface area contributed by atoms with E-state index in [0.717, 1.165) is 6.42 Å². The Balaban J connectivity index is 4.31. The molecule has 0 fully saturated rings. The summed E-state index contributed by atoms with van der Waals surface area (Å²) in [6, 6.07) is -1.88. The normalized spacial score (nSPS) is 13.5. The minimum absolute atomic E-state index is 0.151. The van der Waals surface area contributed by atoms with Gasteiger partial charge >= 0.3 is 5.97 Å². The average molecular weight is 371 g/mol. The fourth-order valence-electron chi connectivity index (χ4n) is 1.18. The lowest BCUT2D eigenvalue weighted by Crippen LogP contribution is -2.52. The van der Waals surface area contributed by atoms with Gasteiger partial charge in [-0.1, -0.05) is 35.9 Å². The van der Waals surface area contributed by atoms with Crippen molar-refractivity contribution in [2.24, 2.45) is 5.73 Å². The number of amides is 2. The highest BCUT2D eigenvalue weighted by Gasteiger charge is 2.23. The van der Waals surface area contributed by atoms with Gasteiger partial charge in [0.2, 0.25) is 11.8 Å². The first-order valence-corrected chi connectivity index (χ1v) is 7.06. The number of carbonyl (C=O) groups excluding carboxylic acids is 2. The number of alkyl halides is 1. The predicted molar refractivity (Wildman–Crippen MR) is 74.3 cm³/mol. The Kier molecular flexibility index (Phi) is 8.63. The lowest BCUT2D eigenvalue weighted by molar-refractivity contribution is -0.142. The van der Waals surface area contributed by atoms with E-state index in [1.165, 1.54) is 0 Å². The van der Waals surface area contributed by atoms with Gasteiger partial charge < -0.3 is 21.5 Å². The third-order valence-corrected chi connectivity index (χ3v) is 2.87. The number of carboxylic acids is 1. The molecule has 0 aliphatic heterocycles. The van der Waals surface area contributed by atoms with Crippen molar-refractivity contribution in [1.82, 2.24) is 10.6 Å². The molecule has 0 radical (unpaired) electrons. The van der Waals surface area contributed by atoms with Crippen molar-refractivity contribution in [2.75, 3.05) is 11.0 Å². The van der Waals surface area contributed by atoms with Gasteiger partial charge in [-0.2, -0.15) is 0 Å². The number of aliphatic carboxylic acids is 1. The van der Waals surface area contributed by atoms with E-state index in [0.29, 0.717) is 6.42 Å². The highest BCUT2D eigenvalue weighted by atomic mass is 127. The molecule has 2 amide bonds. The zero-order valence-electron chi connectivity index (χ0n) is 10.1. The summed E-state index contributed by atoms with van der Waals surface area (Å²) in [5, 5.41) is 13.6. The maximum Gasteiger partial charge on any atom is 0.328 e. The van der Waals surface area contributed by atoms with Crippen LogP contribution in [0.1, 0.15) is 19.8 Å². The molecule has 0 spiro atoms. The molecule has 18 heavy (non-hydrogen) atoms. The zero-order valence-corrected chi connectivity index (χ0v) is 12.3. The molecule has 0 saturated carbocycles. The number of halogens is 1. The van der Waals surface area contributed by atoms with Gasteiger partial charge in [0.1, 0.15) is 6.04 Å². The van der Waals surface area contributed by atoms with E-state index in [1.807, 2.05) is 29.5 Å². The van der Waals surface area contributed by atoms with Crippen LogP contribution in [0.3, 0.4) is 0 Å². The molecule has 0 bridgehead atoms. The second-order valence-electron chi connectivity index (χ2n) is 3.73. The third kappa shape index (κ3) is 6.74. The molecule has 0 unspecified atom stereocenters. The van der Waals surface area contributed by atoms with Crippen LogP contribution in [0.2, 0.25) is 0 Å². The molecule has 0 aliphatic carbocycles. The zero-order chi connectivity index (χ0) is 14.1. The van der Waals surface area contributed by atoms with E-state index in [4.69, 9.17) is 10.8 Å². The Hall–Kier alpha value is -0.900. The van der Waals surface area contributed by atoms with Crippen molar-refractivity contribution in [3.05, 3.63) is 0 Å². The van der Waals surface area contributed by atoms with Gasteiger partial charge in [-0.25, -0.2) is 4.79 Å². The summed E-state index contributed by atoms with van der Waals surface area (Å²) in [6.07, 6.45) is 1.22. The molecular formula is C10H18IN3O4. The van der Waals surface area contributed by atoms with Gasteiger partial charge in [-0.05, 0) is 6.42 Å². The standard InChI is InChI=1S/C10H18IN3O4/c1-2-3-6(12)9(16)14-7(10(17)18)5-13-8(15)4-11/h6-7H,2-5,12H2,1H3,(H,13,15)(H,14,16)(H,17,18)/t6-,7-/m0/s1. The second-order valence-corrected chi connectivity index (χ2v) is 4.50. The number of hydrogen-bond acceptors (Lipinski definition) is 4. The first-order chi connectivity index (χ1) is 8.42. The Morgan fingerprint density at radius 1 is 1.39 bits per heavy atom. The molecule has 0 aromatic carbocycles. The van der Waals surface area contributed by atoms with Crippen LogP contribution in [0.25, 0.3) is 0 Å². The van der Waals surface area contributed by atoms with Crippen LogP contribution < -0.4 is 16.4 Å². The maximum absolute atomic E-state index is 11.5. The molecule has 0 aliphatic rings. The van der Waals surface area contributed by atoms with Crippen LogP contribution in [-0.4, -0.2) is 45.9 Å². The summed E-state index contributed by atoms with van der Waals surface area (Å²) in [5.41, 5.74) is 5.56. The first kappa shape index (κ1) is 17.1. The minimum Gasteiger partial charge on any atom is -0.480 e. The van der Waals surface area contributed by atoms with E-state index in [-0.39, 0.29) is 16.9 Å². The Morgan fingerprint density at radius 3 is 2.44 bits per heavy atom. The second kappa shape index (κ2) is 9.09. The molecule has 0 heterocycles. The van der Waals surface area contributed by atoms with Crippen molar-refractivity contribution < 1.29 is 19.5 Å². The van der Waals surface area contributed by atoms with Crippen LogP contribution >= 0.6 is 22.6 Å². The average Bonchev–Trinajstić information content (AvgIpc) is 2.33. The molecule has 7 nitrogen and oxygen atoms in total. The lowest BCUT2D eigenvalue weighted by Gasteiger charge is -2.17. The third-order valence-electron chi connectivity index (χ3n) is 2.18. The van der Waals surface area contributed by atoms with Crippen LogP contribution in [-0.2, 0) is 14.4 Å². The van der Waals surface area contributed by atoms with Gasteiger partial charge in [0.25, 0.3) is 0 Å². The number of hydrogen-bond donors (Lipinski definition) is 4. The highest BCUT2D eigenvalue weighted by Crippen LogP contribution is 1.94. The predicted octanol–water partition coefficient (Wildman–Crippen LogP) is -0.766. The summed E-state index contributed by atoms with van der Waals surface area (Å²) in [5.74, 6) is -2.01. The number of rotatable bonds is 8. The van der Waals surface area contributed by atoms with Gasteiger partial charge in [0.15, 0.2) is 0 Å². The van der Waals surface area contributed by atoms with E-state index in [2.05, 4.69) is 10.6 Å². The van der Waals surface area contributed by atoms with Gasteiger partial charge in [0, 0.05) is 6.54 Å². The Labute approximate surface area is 119 Å². The van der Waals surface area contributed by atoms with Crippen molar-refractivity contribution >= 4 is 40.4 Å². The molecule has 5 N–H and O–H groups in total. The van der Waals surface area contributed by atoms with Gasteiger partial charge in [-0.3, -0.25) is 9.59 Å². The monoisotopic (exact) mass is 371 g/mol. The summed E-state index contributed by atoms with van der Waals surface area (Å²) in [4.78, 5) is 33.5. The Morgan fingerprint density at radius 2 is 2.00 bits per heavy atom. The molecule has 8 heteroatoms. The molecule has 0 rings (SSSR count). The van der Waals surface area contributed by atoms with Crippen LogP contribution in [0.5, 0.6) is 0 Å². The number of nitrogens with two attached hydrogens (primary N) is 1. The molecule has 0 saturated heterocycles. The Bertz CT molecular complexity index is 311. The maximum atomic E-state index is 11.5. The minimum atomic E-state index is -1.21. The van der Waals surface area contributed by atoms with Crippen molar-refractivity contribution in [2.45, 2.75) is 31.8 Å². The number of carboxylic acid groups (broad SMARTS) is 1. The molecular weight excluding hydrogens is 353 g/mol. The quantitative estimate of drug-likeness (QED) is 0.330. The van der Waals surface area contributed by atoms with E-state index in [1.54, 1.807) is 0 Å². The summed E-state index contributed by atoms with van der Waals surface area (Å²) in [6.45, 7) is 1.73. The van der Waals surface area contributed by atoms with E-state index in [9.17, 15) is 14.4 Å². The summed E-state index contributed by atoms with van der Waals surface area (Å²) in [7, 11) is 0. The molecule has 0 aromatic heterocycles.